The van der Waals surface area contributed by atoms with E-state index < -0.39 is 0 Å². The lowest BCUT2D eigenvalue weighted by atomic mass is 10.1. The maximum atomic E-state index is 5.70. The first-order valence-corrected chi connectivity index (χ1v) is 5.98. The molecule has 0 radical (unpaired) electrons. The lowest BCUT2D eigenvalue weighted by Gasteiger charge is -2.23. The van der Waals surface area contributed by atoms with Crippen LogP contribution in [0.3, 0.4) is 0 Å². The molecule has 2 aromatic rings. The van der Waals surface area contributed by atoms with E-state index in [-0.39, 0.29) is 6.10 Å². The molecule has 1 fully saturated rings. The van der Waals surface area contributed by atoms with Crippen molar-refractivity contribution >= 4 is 0 Å². The van der Waals surface area contributed by atoms with Gasteiger partial charge in [0.1, 0.15) is 12.4 Å². The Labute approximate surface area is 105 Å². The molecule has 0 aliphatic carbocycles. The number of morpholine rings is 1. The number of ether oxygens (including phenoxy) is 1. The van der Waals surface area contributed by atoms with E-state index in [2.05, 4.69) is 20.3 Å². The summed E-state index contributed by atoms with van der Waals surface area (Å²) in [5.41, 5.74) is 2.74. The molecule has 1 aliphatic heterocycles. The van der Waals surface area contributed by atoms with Gasteiger partial charge in [0.05, 0.1) is 18.0 Å². The van der Waals surface area contributed by atoms with Gasteiger partial charge >= 0.3 is 0 Å². The number of nitrogens with zero attached hydrogens (tertiary/aromatic N) is 3. The Bertz CT molecular complexity index is 511. The Balaban J connectivity index is 1.89. The molecule has 0 spiro atoms. The predicted molar refractivity (Wildman–Crippen MR) is 66.8 cm³/mol. The quantitative estimate of drug-likeness (QED) is 0.857. The van der Waals surface area contributed by atoms with Crippen LogP contribution in [0.1, 0.15) is 11.8 Å². The Hall–Kier alpha value is -1.85. The van der Waals surface area contributed by atoms with Crippen molar-refractivity contribution in [3.63, 3.8) is 0 Å². The minimum Gasteiger partial charge on any atom is -0.369 e. The zero-order valence-corrected chi connectivity index (χ0v) is 9.91. The van der Waals surface area contributed by atoms with Crippen molar-refractivity contribution in [3.8, 4) is 11.3 Å². The molecule has 3 rings (SSSR count). The van der Waals surface area contributed by atoms with E-state index in [0.29, 0.717) is 0 Å². The van der Waals surface area contributed by atoms with Crippen LogP contribution < -0.4 is 5.32 Å². The molecule has 2 aromatic heterocycles. The third kappa shape index (κ3) is 2.37. The van der Waals surface area contributed by atoms with Crippen molar-refractivity contribution < 1.29 is 4.74 Å². The lowest BCUT2D eigenvalue weighted by Crippen LogP contribution is -2.33. The van der Waals surface area contributed by atoms with Gasteiger partial charge in [-0.1, -0.05) is 6.07 Å². The number of rotatable bonds is 2. The lowest BCUT2D eigenvalue weighted by molar-refractivity contribution is 0.0251. The molecule has 3 heterocycles. The predicted octanol–water partition coefficient (Wildman–Crippen LogP) is 1.20. The van der Waals surface area contributed by atoms with Crippen LogP contribution in [0.2, 0.25) is 0 Å². The second kappa shape index (κ2) is 5.20. The van der Waals surface area contributed by atoms with Crippen LogP contribution in [0.5, 0.6) is 0 Å². The van der Waals surface area contributed by atoms with E-state index in [1.165, 1.54) is 6.33 Å². The van der Waals surface area contributed by atoms with Crippen molar-refractivity contribution in [2.75, 3.05) is 19.7 Å². The van der Waals surface area contributed by atoms with Crippen LogP contribution in [0, 0.1) is 0 Å². The standard InChI is InChI=1S/C13H14N4O/c1-2-11(10-6-15-9-16-7-10)17-12(3-1)13-8-14-4-5-18-13/h1-3,6-7,9,13-14H,4-5,8H2/t13-/m1/s1. The highest BCUT2D eigenvalue weighted by Crippen LogP contribution is 2.20. The molecule has 0 saturated carbocycles. The number of nitrogens with one attached hydrogen (secondary N) is 1. The molecule has 1 N–H and O–H groups in total. The Morgan fingerprint density at radius 2 is 2.11 bits per heavy atom. The van der Waals surface area contributed by atoms with Gasteiger partial charge in [0.25, 0.3) is 0 Å². The smallest absolute Gasteiger partial charge is 0.115 e. The summed E-state index contributed by atoms with van der Waals surface area (Å²) in [6.45, 7) is 2.44. The molecule has 1 saturated heterocycles. The average molecular weight is 242 g/mol. The van der Waals surface area contributed by atoms with Crippen molar-refractivity contribution in [1.82, 2.24) is 20.3 Å². The van der Waals surface area contributed by atoms with Crippen LogP contribution >= 0.6 is 0 Å². The van der Waals surface area contributed by atoms with Gasteiger partial charge in [-0.25, -0.2) is 15.0 Å². The van der Waals surface area contributed by atoms with E-state index in [1.807, 2.05) is 18.2 Å². The first-order valence-electron chi connectivity index (χ1n) is 5.98. The van der Waals surface area contributed by atoms with Crippen molar-refractivity contribution in [2.24, 2.45) is 0 Å². The van der Waals surface area contributed by atoms with Gasteiger partial charge in [-0.05, 0) is 12.1 Å². The van der Waals surface area contributed by atoms with Gasteiger partial charge in [-0.15, -0.1) is 0 Å². The minimum atomic E-state index is 0.0309. The van der Waals surface area contributed by atoms with Crippen LogP contribution in [0.25, 0.3) is 11.3 Å². The molecule has 0 unspecified atom stereocenters. The number of pyridine rings is 1. The van der Waals surface area contributed by atoms with Gasteiger partial charge in [0.2, 0.25) is 0 Å². The van der Waals surface area contributed by atoms with Gasteiger partial charge in [-0.2, -0.15) is 0 Å². The van der Waals surface area contributed by atoms with Crippen LogP contribution in [0.4, 0.5) is 0 Å². The van der Waals surface area contributed by atoms with Gasteiger partial charge in [0.15, 0.2) is 0 Å². The number of hydrogen-bond donors (Lipinski definition) is 1. The first kappa shape index (κ1) is 11.3. The molecule has 0 aromatic carbocycles. The van der Waals surface area contributed by atoms with E-state index in [1.54, 1.807) is 12.4 Å². The summed E-state index contributed by atoms with van der Waals surface area (Å²) in [7, 11) is 0. The highest BCUT2D eigenvalue weighted by Gasteiger charge is 2.17. The molecule has 1 atom stereocenters. The fourth-order valence-electron chi connectivity index (χ4n) is 1.98. The summed E-state index contributed by atoms with van der Waals surface area (Å²) in [5, 5.41) is 3.30. The minimum absolute atomic E-state index is 0.0309. The highest BCUT2D eigenvalue weighted by molar-refractivity contribution is 5.56. The molecule has 5 nitrogen and oxygen atoms in total. The first-order chi connectivity index (χ1) is 8.93. The zero-order valence-electron chi connectivity index (χ0n) is 9.91. The monoisotopic (exact) mass is 242 g/mol. The Morgan fingerprint density at radius 1 is 1.22 bits per heavy atom. The van der Waals surface area contributed by atoms with Crippen molar-refractivity contribution in [2.45, 2.75) is 6.10 Å². The van der Waals surface area contributed by atoms with E-state index in [4.69, 9.17) is 4.74 Å². The maximum Gasteiger partial charge on any atom is 0.115 e. The molecule has 1 aliphatic rings. The van der Waals surface area contributed by atoms with Gasteiger partial charge in [0, 0.05) is 31.0 Å². The fourth-order valence-corrected chi connectivity index (χ4v) is 1.98. The van der Waals surface area contributed by atoms with Gasteiger partial charge in [-0.3, -0.25) is 0 Å². The molecular formula is C13H14N4O. The van der Waals surface area contributed by atoms with Crippen molar-refractivity contribution in [1.29, 1.82) is 0 Å². The van der Waals surface area contributed by atoms with Crippen LogP contribution in [-0.2, 0) is 4.74 Å². The highest BCUT2D eigenvalue weighted by atomic mass is 16.5. The largest absolute Gasteiger partial charge is 0.369 e. The Kier molecular flexibility index (Phi) is 3.25. The molecule has 18 heavy (non-hydrogen) atoms. The summed E-state index contributed by atoms with van der Waals surface area (Å²) in [6, 6.07) is 5.94. The summed E-state index contributed by atoms with van der Waals surface area (Å²) < 4.78 is 5.70. The van der Waals surface area contributed by atoms with E-state index in [9.17, 15) is 0 Å². The third-order valence-corrected chi connectivity index (χ3v) is 2.88. The normalized spacial score (nSPS) is 19.7. The summed E-state index contributed by atoms with van der Waals surface area (Å²) >= 11 is 0. The second-order valence-electron chi connectivity index (χ2n) is 4.14. The van der Waals surface area contributed by atoms with E-state index in [0.717, 1.165) is 36.6 Å². The molecular weight excluding hydrogens is 228 g/mol. The number of aromatic nitrogens is 3. The molecule has 0 bridgehead atoms. The average Bonchev–Trinajstić information content (AvgIpc) is 2.49. The topological polar surface area (TPSA) is 59.9 Å². The SMILES string of the molecule is c1cc(-c2cncnc2)nc([C@H]2CNCCO2)c1. The molecule has 5 heteroatoms. The summed E-state index contributed by atoms with van der Waals surface area (Å²) in [4.78, 5) is 12.6. The summed E-state index contributed by atoms with van der Waals surface area (Å²) in [6.07, 6.45) is 5.07. The van der Waals surface area contributed by atoms with Crippen LogP contribution in [-0.4, -0.2) is 34.6 Å². The summed E-state index contributed by atoms with van der Waals surface area (Å²) in [5.74, 6) is 0. The Morgan fingerprint density at radius 3 is 2.89 bits per heavy atom. The van der Waals surface area contributed by atoms with Gasteiger partial charge < -0.3 is 10.1 Å². The molecule has 92 valence electrons. The maximum absolute atomic E-state index is 5.70. The third-order valence-electron chi connectivity index (χ3n) is 2.88. The van der Waals surface area contributed by atoms with E-state index >= 15 is 0 Å². The fraction of sp³-hybridized carbons (Fsp3) is 0.308. The zero-order chi connectivity index (χ0) is 12.2. The number of hydrogen-bond acceptors (Lipinski definition) is 5. The van der Waals surface area contributed by atoms with Crippen LogP contribution in [0.15, 0.2) is 36.9 Å². The second-order valence-corrected chi connectivity index (χ2v) is 4.14. The molecule has 0 amide bonds. The van der Waals surface area contributed by atoms with Crippen molar-refractivity contribution in [3.05, 3.63) is 42.6 Å².